The molecule has 0 heterocycles. The molecule has 0 bridgehead atoms. The number of nitrogens with one attached hydrogen (secondary N) is 2. The summed E-state index contributed by atoms with van der Waals surface area (Å²) in [6.45, 7) is 4.30. The minimum absolute atomic E-state index is 0.0781. The summed E-state index contributed by atoms with van der Waals surface area (Å²) in [5.74, 6) is -0.222. The minimum atomic E-state index is -0.144. The molecule has 0 saturated carbocycles. The van der Waals surface area contributed by atoms with Crippen molar-refractivity contribution in [3.05, 3.63) is 64.7 Å². The summed E-state index contributed by atoms with van der Waals surface area (Å²) in [4.78, 5) is 23.6. The van der Waals surface area contributed by atoms with Gasteiger partial charge in [0.2, 0.25) is 0 Å². The van der Waals surface area contributed by atoms with Crippen LogP contribution in [-0.4, -0.2) is 24.8 Å². The van der Waals surface area contributed by atoms with Crippen molar-refractivity contribution in [2.24, 2.45) is 0 Å². The van der Waals surface area contributed by atoms with Gasteiger partial charge in [0, 0.05) is 29.9 Å². The largest absolute Gasteiger partial charge is 0.383 e. The van der Waals surface area contributed by atoms with E-state index in [2.05, 4.69) is 10.6 Å². The van der Waals surface area contributed by atoms with Crippen LogP contribution in [0.1, 0.15) is 38.8 Å². The number of ketones is 1. The van der Waals surface area contributed by atoms with E-state index in [0.717, 1.165) is 5.56 Å². The molecule has 5 nitrogen and oxygen atoms in total. The molecule has 0 aliphatic heterocycles. The second-order valence-corrected chi connectivity index (χ2v) is 5.48. The van der Waals surface area contributed by atoms with Crippen molar-refractivity contribution in [3.63, 3.8) is 0 Å². The molecule has 0 aliphatic carbocycles. The van der Waals surface area contributed by atoms with Gasteiger partial charge in [-0.3, -0.25) is 9.59 Å². The van der Waals surface area contributed by atoms with Crippen LogP contribution in [0.4, 0.5) is 5.69 Å². The second-order valence-electron chi connectivity index (χ2n) is 5.48. The highest BCUT2D eigenvalue weighted by molar-refractivity contribution is 5.99. The normalized spacial score (nSPS) is 9.88. The molecule has 24 heavy (non-hydrogen) atoms. The van der Waals surface area contributed by atoms with Crippen molar-refractivity contribution >= 4 is 17.4 Å². The molecule has 0 unspecified atom stereocenters. The first-order valence-electron chi connectivity index (χ1n) is 7.65. The predicted octanol–water partition coefficient (Wildman–Crippen LogP) is 2.91. The van der Waals surface area contributed by atoms with Gasteiger partial charge in [-0.25, -0.2) is 0 Å². The van der Waals surface area contributed by atoms with Gasteiger partial charge in [0.15, 0.2) is 5.78 Å². The molecule has 0 saturated heterocycles. The fraction of sp³-hybridized carbons (Fsp3) is 0.211. The van der Waals surface area contributed by atoms with E-state index in [9.17, 15) is 9.59 Å². The van der Waals surface area contributed by atoms with Crippen LogP contribution in [0, 0.1) is 18.3 Å². The average molecular weight is 321 g/mol. The molecule has 0 radical (unpaired) electrons. The molecule has 0 fully saturated rings. The van der Waals surface area contributed by atoms with E-state index in [1.54, 1.807) is 30.3 Å². The molecule has 5 heteroatoms. The maximum Gasteiger partial charge on any atom is 0.251 e. The lowest BCUT2D eigenvalue weighted by atomic mass is 10.1. The van der Waals surface area contributed by atoms with Crippen LogP contribution in [0.15, 0.2) is 42.5 Å². The first kappa shape index (κ1) is 17.2. The van der Waals surface area contributed by atoms with Gasteiger partial charge in [-0.15, -0.1) is 0 Å². The molecule has 122 valence electrons. The van der Waals surface area contributed by atoms with Crippen molar-refractivity contribution in [2.75, 3.05) is 18.4 Å². The smallest absolute Gasteiger partial charge is 0.251 e. The third-order valence-corrected chi connectivity index (χ3v) is 3.57. The number of aryl methyl sites for hydroxylation is 1. The highest BCUT2D eigenvalue weighted by atomic mass is 16.1. The lowest BCUT2D eigenvalue weighted by Gasteiger charge is -2.11. The van der Waals surface area contributed by atoms with Crippen LogP contribution >= 0.6 is 0 Å². The van der Waals surface area contributed by atoms with Crippen LogP contribution < -0.4 is 10.6 Å². The Morgan fingerprint density at radius 2 is 1.79 bits per heavy atom. The van der Waals surface area contributed by atoms with Crippen LogP contribution in [0.25, 0.3) is 0 Å². The summed E-state index contributed by atoms with van der Waals surface area (Å²) in [7, 11) is 0. The van der Waals surface area contributed by atoms with Crippen molar-refractivity contribution in [3.8, 4) is 6.07 Å². The molecule has 1 amide bonds. The van der Waals surface area contributed by atoms with Gasteiger partial charge in [0.1, 0.15) is 0 Å². The summed E-state index contributed by atoms with van der Waals surface area (Å²) >= 11 is 0. The van der Waals surface area contributed by atoms with Crippen molar-refractivity contribution in [2.45, 2.75) is 13.8 Å². The van der Waals surface area contributed by atoms with Gasteiger partial charge in [0.25, 0.3) is 5.91 Å². The molecule has 0 aliphatic rings. The van der Waals surface area contributed by atoms with Gasteiger partial charge >= 0.3 is 0 Å². The van der Waals surface area contributed by atoms with Crippen molar-refractivity contribution < 1.29 is 9.59 Å². The number of Topliss-reactive ketones (excluding diaryl/α,β-unsaturated/α-hetero) is 1. The number of hydrogen-bond donors (Lipinski definition) is 2. The van der Waals surface area contributed by atoms with Crippen LogP contribution in [0.5, 0.6) is 0 Å². The quantitative estimate of drug-likeness (QED) is 0.633. The molecule has 0 spiro atoms. The number of amides is 1. The number of nitrogens with zero attached hydrogens (tertiary/aromatic N) is 1. The topological polar surface area (TPSA) is 82.0 Å². The standard InChI is InChI=1S/C19H19N3O2/c1-13-3-6-16(7-4-13)19(24)22-10-9-21-18-11-15(12-20)5-8-17(18)14(2)23/h3-8,11,21H,9-10H2,1-2H3,(H,22,24). The first-order chi connectivity index (χ1) is 11.5. The Labute approximate surface area is 141 Å². The van der Waals surface area contributed by atoms with Gasteiger partial charge in [0.05, 0.1) is 11.6 Å². The minimum Gasteiger partial charge on any atom is -0.383 e. The number of hydrogen-bond acceptors (Lipinski definition) is 4. The number of anilines is 1. The summed E-state index contributed by atoms with van der Waals surface area (Å²) < 4.78 is 0. The molecule has 2 N–H and O–H groups in total. The summed E-state index contributed by atoms with van der Waals surface area (Å²) in [6, 6.07) is 14.3. The molecule has 0 atom stereocenters. The van der Waals surface area contributed by atoms with Gasteiger partial charge in [-0.05, 0) is 44.2 Å². The number of benzene rings is 2. The summed E-state index contributed by atoms with van der Waals surface area (Å²) in [6.07, 6.45) is 0. The highest BCUT2D eigenvalue weighted by Gasteiger charge is 2.08. The predicted molar refractivity (Wildman–Crippen MR) is 93.2 cm³/mol. The number of rotatable bonds is 6. The highest BCUT2D eigenvalue weighted by Crippen LogP contribution is 2.18. The Morgan fingerprint density at radius 1 is 1.08 bits per heavy atom. The third-order valence-electron chi connectivity index (χ3n) is 3.57. The average Bonchev–Trinajstić information content (AvgIpc) is 2.58. The summed E-state index contributed by atoms with van der Waals surface area (Å²) in [5, 5.41) is 14.9. The van der Waals surface area contributed by atoms with Gasteiger partial charge in [-0.1, -0.05) is 17.7 Å². The Kier molecular flexibility index (Phi) is 5.69. The molecule has 2 aromatic rings. The third kappa shape index (κ3) is 4.43. The van der Waals surface area contributed by atoms with E-state index in [1.807, 2.05) is 25.1 Å². The van der Waals surface area contributed by atoms with E-state index in [4.69, 9.17) is 5.26 Å². The Bertz CT molecular complexity index is 789. The zero-order valence-corrected chi connectivity index (χ0v) is 13.7. The number of nitriles is 1. The molecule has 2 rings (SSSR count). The molecule has 2 aromatic carbocycles. The van der Waals surface area contributed by atoms with Crippen LogP contribution in [-0.2, 0) is 0 Å². The van der Waals surface area contributed by atoms with Crippen molar-refractivity contribution in [1.82, 2.24) is 5.32 Å². The molecule has 0 aromatic heterocycles. The Balaban J connectivity index is 1.92. The van der Waals surface area contributed by atoms with Crippen LogP contribution in [0.3, 0.4) is 0 Å². The van der Waals surface area contributed by atoms with E-state index >= 15 is 0 Å². The van der Waals surface area contributed by atoms with E-state index in [-0.39, 0.29) is 11.7 Å². The van der Waals surface area contributed by atoms with Crippen LogP contribution in [0.2, 0.25) is 0 Å². The Hall–Kier alpha value is -3.13. The zero-order chi connectivity index (χ0) is 17.5. The zero-order valence-electron chi connectivity index (χ0n) is 13.7. The first-order valence-corrected chi connectivity index (χ1v) is 7.65. The van der Waals surface area contributed by atoms with Gasteiger partial charge in [-0.2, -0.15) is 5.26 Å². The number of carbonyl (C=O) groups excluding carboxylic acids is 2. The second kappa shape index (κ2) is 7.93. The fourth-order valence-corrected chi connectivity index (χ4v) is 2.25. The van der Waals surface area contributed by atoms with Crippen molar-refractivity contribution in [1.29, 1.82) is 5.26 Å². The maximum absolute atomic E-state index is 12.0. The lowest BCUT2D eigenvalue weighted by Crippen LogP contribution is -2.29. The number of carbonyl (C=O) groups is 2. The molecular weight excluding hydrogens is 302 g/mol. The van der Waals surface area contributed by atoms with Gasteiger partial charge < -0.3 is 10.6 Å². The SMILES string of the molecule is CC(=O)c1ccc(C#N)cc1NCCNC(=O)c1ccc(C)cc1. The maximum atomic E-state index is 12.0. The van der Waals surface area contributed by atoms with E-state index < -0.39 is 0 Å². The fourth-order valence-electron chi connectivity index (χ4n) is 2.25. The molecular formula is C19H19N3O2. The van der Waals surface area contributed by atoms with E-state index in [1.165, 1.54) is 6.92 Å². The monoisotopic (exact) mass is 321 g/mol. The Morgan fingerprint density at radius 3 is 2.42 bits per heavy atom. The lowest BCUT2D eigenvalue weighted by molar-refractivity contribution is 0.0953. The summed E-state index contributed by atoms with van der Waals surface area (Å²) in [5.41, 5.74) is 3.31. The van der Waals surface area contributed by atoms with E-state index in [0.29, 0.717) is 35.5 Å².